The Hall–Kier alpha value is -2.63. The lowest BCUT2D eigenvalue weighted by Gasteiger charge is -2.17. The van der Waals surface area contributed by atoms with Crippen LogP contribution in [0.4, 0.5) is 5.69 Å². The van der Waals surface area contributed by atoms with Gasteiger partial charge in [-0.1, -0.05) is 17.7 Å². The molecule has 2 amide bonds. The molecular weight excluding hydrogens is 328 g/mol. The fourth-order valence-corrected chi connectivity index (χ4v) is 3.36. The van der Waals surface area contributed by atoms with Gasteiger partial charge in [0.15, 0.2) is 5.82 Å². The van der Waals surface area contributed by atoms with E-state index in [1.807, 2.05) is 50.5 Å². The molecule has 6 nitrogen and oxygen atoms in total. The Morgan fingerprint density at radius 2 is 1.92 bits per heavy atom. The highest BCUT2D eigenvalue weighted by molar-refractivity contribution is 6.04. The van der Waals surface area contributed by atoms with Crippen LogP contribution in [-0.2, 0) is 13.0 Å². The van der Waals surface area contributed by atoms with Crippen molar-refractivity contribution in [2.24, 2.45) is 0 Å². The molecule has 0 aliphatic carbocycles. The minimum Gasteiger partial charge on any atom is -0.348 e. The van der Waals surface area contributed by atoms with E-state index in [0.29, 0.717) is 18.1 Å². The first-order valence-corrected chi connectivity index (χ1v) is 9.15. The number of rotatable bonds is 4. The van der Waals surface area contributed by atoms with Gasteiger partial charge in [0.2, 0.25) is 0 Å². The maximum absolute atomic E-state index is 12.9. The van der Waals surface area contributed by atoms with Gasteiger partial charge in [-0.25, -0.2) is 4.98 Å². The molecule has 2 aromatic rings. The lowest BCUT2D eigenvalue weighted by Crippen LogP contribution is -2.31. The van der Waals surface area contributed by atoms with Gasteiger partial charge in [0, 0.05) is 18.3 Å². The smallest absolute Gasteiger partial charge is 0.291 e. The molecule has 0 fully saturated rings. The number of nitrogens with one attached hydrogen (secondary N) is 2. The fraction of sp³-hybridized carbons (Fsp3) is 0.450. The van der Waals surface area contributed by atoms with Gasteiger partial charge in [-0.2, -0.15) is 0 Å². The van der Waals surface area contributed by atoms with E-state index < -0.39 is 0 Å². The van der Waals surface area contributed by atoms with E-state index in [1.54, 1.807) is 0 Å². The Kier molecular flexibility index (Phi) is 5.11. The molecule has 2 heterocycles. The Morgan fingerprint density at radius 1 is 1.15 bits per heavy atom. The molecule has 1 aromatic heterocycles. The summed E-state index contributed by atoms with van der Waals surface area (Å²) in [5.41, 5.74) is 4.15. The van der Waals surface area contributed by atoms with E-state index in [9.17, 15) is 9.59 Å². The number of aryl methyl sites for hydroxylation is 2. The lowest BCUT2D eigenvalue weighted by molar-refractivity contribution is 0.0937. The predicted octanol–water partition coefficient (Wildman–Crippen LogP) is 3.23. The number of aromatic nitrogens is 2. The molecule has 0 saturated heterocycles. The third-order valence-corrected chi connectivity index (χ3v) is 4.59. The first-order valence-electron chi connectivity index (χ1n) is 9.15. The fourth-order valence-electron chi connectivity index (χ4n) is 3.36. The van der Waals surface area contributed by atoms with Crippen molar-refractivity contribution >= 4 is 17.5 Å². The first-order chi connectivity index (χ1) is 12.4. The van der Waals surface area contributed by atoms with Crippen molar-refractivity contribution in [3.63, 3.8) is 0 Å². The van der Waals surface area contributed by atoms with Crippen LogP contribution in [0.1, 0.15) is 64.6 Å². The molecular formula is C20H26N4O2. The number of carbonyl (C=O) groups is 2. The van der Waals surface area contributed by atoms with Crippen LogP contribution in [0, 0.1) is 13.8 Å². The molecule has 0 bridgehead atoms. The summed E-state index contributed by atoms with van der Waals surface area (Å²) in [7, 11) is 0. The maximum atomic E-state index is 12.9. The van der Waals surface area contributed by atoms with Gasteiger partial charge in [-0.15, -0.1) is 0 Å². The van der Waals surface area contributed by atoms with Gasteiger partial charge in [0.05, 0.1) is 5.69 Å². The highest BCUT2D eigenvalue weighted by atomic mass is 16.2. The molecule has 2 N–H and O–H groups in total. The average molecular weight is 354 g/mol. The quantitative estimate of drug-likeness (QED) is 0.885. The summed E-state index contributed by atoms with van der Waals surface area (Å²) < 4.78 is 1.90. The van der Waals surface area contributed by atoms with Crippen molar-refractivity contribution in [1.82, 2.24) is 14.9 Å². The third-order valence-electron chi connectivity index (χ3n) is 4.59. The number of fused-ring (bicyclic) bond motifs is 1. The van der Waals surface area contributed by atoms with Gasteiger partial charge in [0.25, 0.3) is 11.8 Å². The lowest BCUT2D eigenvalue weighted by atomic mass is 10.1. The molecule has 3 rings (SSSR count). The zero-order valence-corrected chi connectivity index (χ0v) is 15.8. The number of benzene rings is 1. The average Bonchev–Trinajstić information content (AvgIpc) is 2.96. The van der Waals surface area contributed by atoms with E-state index in [2.05, 4.69) is 15.6 Å². The minimum absolute atomic E-state index is 0.0240. The summed E-state index contributed by atoms with van der Waals surface area (Å²) >= 11 is 0. The van der Waals surface area contributed by atoms with Crippen molar-refractivity contribution in [1.29, 1.82) is 0 Å². The Bertz CT molecular complexity index is 852. The van der Waals surface area contributed by atoms with Gasteiger partial charge in [-0.05, 0) is 58.6 Å². The van der Waals surface area contributed by atoms with Gasteiger partial charge in [0.1, 0.15) is 5.69 Å². The summed E-state index contributed by atoms with van der Waals surface area (Å²) in [5.74, 6) is -0.173. The number of hydrogen-bond acceptors (Lipinski definition) is 3. The van der Waals surface area contributed by atoms with Gasteiger partial charge >= 0.3 is 0 Å². The maximum Gasteiger partial charge on any atom is 0.291 e. The van der Waals surface area contributed by atoms with Crippen molar-refractivity contribution in [3.05, 3.63) is 46.5 Å². The van der Waals surface area contributed by atoms with Crippen LogP contribution >= 0.6 is 0 Å². The second kappa shape index (κ2) is 7.32. The summed E-state index contributed by atoms with van der Waals surface area (Å²) in [5, 5.41) is 5.82. The molecule has 6 heteroatoms. The number of amides is 2. The predicted molar refractivity (Wildman–Crippen MR) is 102 cm³/mol. The van der Waals surface area contributed by atoms with Gasteiger partial charge < -0.3 is 15.2 Å². The molecule has 0 saturated carbocycles. The van der Waals surface area contributed by atoms with Crippen LogP contribution in [0.25, 0.3) is 0 Å². The molecule has 1 aliphatic rings. The molecule has 138 valence electrons. The summed E-state index contributed by atoms with van der Waals surface area (Å²) in [6.45, 7) is 8.52. The largest absolute Gasteiger partial charge is 0.348 e. The summed E-state index contributed by atoms with van der Waals surface area (Å²) in [6, 6.07) is 5.91. The van der Waals surface area contributed by atoms with Crippen LogP contribution in [0.2, 0.25) is 0 Å². The Labute approximate surface area is 154 Å². The molecule has 0 atom stereocenters. The van der Waals surface area contributed by atoms with E-state index >= 15 is 0 Å². The van der Waals surface area contributed by atoms with E-state index in [0.717, 1.165) is 41.8 Å². The summed E-state index contributed by atoms with van der Waals surface area (Å²) in [4.78, 5) is 29.8. The first kappa shape index (κ1) is 18.2. The highest BCUT2D eigenvalue weighted by Crippen LogP contribution is 2.23. The van der Waals surface area contributed by atoms with Crippen LogP contribution in [0.15, 0.2) is 18.2 Å². The normalized spacial score (nSPS) is 13.4. The molecule has 0 radical (unpaired) electrons. The minimum atomic E-state index is -0.274. The van der Waals surface area contributed by atoms with Crippen molar-refractivity contribution in [3.8, 4) is 0 Å². The monoisotopic (exact) mass is 354 g/mol. The molecule has 0 spiro atoms. The van der Waals surface area contributed by atoms with Crippen molar-refractivity contribution in [2.45, 2.75) is 59.5 Å². The number of carbonyl (C=O) groups excluding carboxylic acids is 2. The van der Waals surface area contributed by atoms with Crippen LogP contribution in [-0.4, -0.2) is 27.4 Å². The number of imidazole rings is 1. The van der Waals surface area contributed by atoms with Crippen LogP contribution in [0.3, 0.4) is 0 Å². The molecule has 1 aromatic carbocycles. The number of nitrogens with zero attached hydrogens (tertiary/aromatic N) is 2. The Balaban J connectivity index is 1.92. The number of hydrogen-bond donors (Lipinski definition) is 2. The standard InChI is InChI=1S/C20H26N4O2/c1-12(2)21-19(25)17-16-7-5-6-10-24(16)18(23-17)20(26)22-15-9-8-13(3)11-14(15)4/h8-9,11-12H,5-7,10H2,1-4H3,(H,21,25)(H,22,26). The van der Waals surface area contributed by atoms with E-state index in [-0.39, 0.29) is 17.9 Å². The molecule has 0 unspecified atom stereocenters. The van der Waals surface area contributed by atoms with E-state index in [4.69, 9.17) is 0 Å². The molecule has 26 heavy (non-hydrogen) atoms. The van der Waals surface area contributed by atoms with E-state index in [1.165, 1.54) is 0 Å². The van der Waals surface area contributed by atoms with Crippen LogP contribution in [0.5, 0.6) is 0 Å². The number of anilines is 1. The third kappa shape index (κ3) is 3.64. The second-order valence-electron chi connectivity index (χ2n) is 7.24. The second-order valence-corrected chi connectivity index (χ2v) is 7.24. The van der Waals surface area contributed by atoms with Crippen LogP contribution < -0.4 is 10.6 Å². The SMILES string of the molecule is Cc1ccc(NC(=O)c2nc(C(=O)NC(C)C)c3n2CCCC3)c(C)c1. The highest BCUT2D eigenvalue weighted by Gasteiger charge is 2.27. The van der Waals surface area contributed by atoms with Crippen molar-refractivity contribution < 1.29 is 9.59 Å². The molecule has 1 aliphatic heterocycles. The van der Waals surface area contributed by atoms with Crippen molar-refractivity contribution in [2.75, 3.05) is 5.32 Å². The Morgan fingerprint density at radius 3 is 2.62 bits per heavy atom. The topological polar surface area (TPSA) is 76.0 Å². The zero-order valence-electron chi connectivity index (χ0n) is 15.8. The van der Waals surface area contributed by atoms with Gasteiger partial charge in [-0.3, -0.25) is 9.59 Å². The summed E-state index contributed by atoms with van der Waals surface area (Å²) in [6.07, 6.45) is 2.76. The zero-order chi connectivity index (χ0) is 18.8.